The molecule has 0 amide bonds. The average Bonchev–Trinajstić information content (AvgIpc) is 2.46. The van der Waals surface area contributed by atoms with Gasteiger partial charge in [-0.05, 0) is 24.7 Å². The standard InChI is InChI=1S/C12H19NO/c1-8(2)4-11-7-13-12(14-11)10-5-9(3)6-10/h7-10H,4-6H2,1-3H3. The van der Waals surface area contributed by atoms with Crippen molar-refractivity contribution in [1.29, 1.82) is 0 Å². The molecule has 0 unspecified atom stereocenters. The summed E-state index contributed by atoms with van der Waals surface area (Å²) >= 11 is 0. The summed E-state index contributed by atoms with van der Waals surface area (Å²) < 4.78 is 5.74. The molecule has 1 aliphatic carbocycles. The van der Waals surface area contributed by atoms with Gasteiger partial charge in [0.1, 0.15) is 5.76 Å². The van der Waals surface area contributed by atoms with E-state index in [1.54, 1.807) is 0 Å². The summed E-state index contributed by atoms with van der Waals surface area (Å²) in [5.74, 6) is 4.13. The SMILES string of the molecule is CC(C)Cc1cnc(C2CC(C)C2)o1. The monoisotopic (exact) mass is 193 g/mol. The van der Waals surface area contributed by atoms with Crippen LogP contribution in [0.3, 0.4) is 0 Å². The van der Waals surface area contributed by atoms with Crippen molar-refractivity contribution in [3.63, 3.8) is 0 Å². The van der Waals surface area contributed by atoms with Gasteiger partial charge in [0.15, 0.2) is 5.89 Å². The summed E-state index contributed by atoms with van der Waals surface area (Å²) in [5.41, 5.74) is 0. The van der Waals surface area contributed by atoms with Gasteiger partial charge in [-0.15, -0.1) is 0 Å². The first kappa shape index (κ1) is 9.75. The lowest BCUT2D eigenvalue weighted by Crippen LogP contribution is -2.18. The molecule has 1 aromatic heterocycles. The van der Waals surface area contributed by atoms with Crippen LogP contribution in [0.4, 0.5) is 0 Å². The Balaban J connectivity index is 1.96. The zero-order chi connectivity index (χ0) is 10.1. The molecule has 0 bridgehead atoms. The third-order valence-electron chi connectivity index (χ3n) is 2.90. The Morgan fingerprint density at radius 2 is 2.21 bits per heavy atom. The molecular formula is C12H19NO. The van der Waals surface area contributed by atoms with Gasteiger partial charge in [0, 0.05) is 12.3 Å². The molecule has 0 saturated heterocycles. The number of oxazole rings is 1. The maximum atomic E-state index is 5.74. The normalized spacial score (nSPS) is 26.6. The molecule has 1 heterocycles. The van der Waals surface area contributed by atoms with Crippen LogP contribution in [0.2, 0.25) is 0 Å². The molecule has 1 saturated carbocycles. The van der Waals surface area contributed by atoms with E-state index in [-0.39, 0.29) is 0 Å². The number of rotatable bonds is 3. The van der Waals surface area contributed by atoms with Gasteiger partial charge in [0.2, 0.25) is 0 Å². The van der Waals surface area contributed by atoms with Crippen molar-refractivity contribution in [2.75, 3.05) is 0 Å². The Labute approximate surface area is 85.7 Å². The molecule has 0 radical (unpaired) electrons. The second kappa shape index (κ2) is 3.76. The maximum absolute atomic E-state index is 5.74. The molecule has 2 heteroatoms. The zero-order valence-electron chi connectivity index (χ0n) is 9.29. The number of nitrogens with zero attached hydrogens (tertiary/aromatic N) is 1. The van der Waals surface area contributed by atoms with Crippen molar-refractivity contribution in [3.8, 4) is 0 Å². The Hall–Kier alpha value is -0.790. The quantitative estimate of drug-likeness (QED) is 0.735. The zero-order valence-corrected chi connectivity index (χ0v) is 9.29. The Morgan fingerprint density at radius 1 is 1.50 bits per heavy atom. The van der Waals surface area contributed by atoms with E-state index in [1.165, 1.54) is 12.8 Å². The summed E-state index contributed by atoms with van der Waals surface area (Å²) in [5, 5.41) is 0. The van der Waals surface area contributed by atoms with E-state index >= 15 is 0 Å². The largest absolute Gasteiger partial charge is 0.445 e. The van der Waals surface area contributed by atoms with Crippen LogP contribution in [0.15, 0.2) is 10.6 Å². The van der Waals surface area contributed by atoms with E-state index in [1.807, 2.05) is 6.20 Å². The topological polar surface area (TPSA) is 26.0 Å². The van der Waals surface area contributed by atoms with Crippen molar-refractivity contribution in [1.82, 2.24) is 4.98 Å². The first-order chi connectivity index (χ1) is 6.65. The van der Waals surface area contributed by atoms with Crippen LogP contribution in [0, 0.1) is 11.8 Å². The Kier molecular flexibility index (Phi) is 2.62. The van der Waals surface area contributed by atoms with Crippen LogP contribution in [0.1, 0.15) is 51.2 Å². The lowest BCUT2D eigenvalue weighted by Gasteiger charge is -2.29. The first-order valence-electron chi connectivity index (χ1n) is 5.59. The maximum Gasteiger partial charge on any atom is 0.197 e. The van der Waals surface area contributed by atoms with Crippen molar-refractivity contribution >= 4 is 0 Å². The van der Waals surface area contributed by atoms with E-state index in [0.717, 1.165) is 24.0 Å². The minimum atomic E-state index is 0.603. The van der Waals surface area contributed by atoms with Crippen LogP contribution >= 0.6 is 0 Å². The van der Waals surface area contributed by atoms with E-state index in [0.29, 0.717) is 11.8 Å². The fourth-order valence-corrected chi connectivity index (χ4v) is 2.11. The van der Waals surface area contributed by atoms with E-state index in [9.17, 15) is 0 Å². The molecule has 0 aliphatic heterocycles. The molecule has 0 atom stereocenters. The molecule has 0 N–H and O–H groups in total. The molecule has 0 spiro atoms. The highest BCUT2D eigenvalue weighted by Crippen LogP contribution is 2.40. The van der Waals surface area contributed by atoms with E-state index in [4.69, 9.17) is 4.42 Å². The third kappa shape index (κ3) is 1.99. The van der Waals surface area contributed by atoms with Crippen LogP contribution in [0.25, 0.3) is 0 Å². The van der Waals surface area contributed by atoms with Gasteiger partial charge in [0.05, 0.1) is 6.20 Å². The smallest absolute Gasteiger partial charge is 0.197 e. The fraction of sp³-hybridized carbons (Fsp3) is 0.750. The first-order valence-corrected chi connectivity index (χ1v) is 5.59. The molecular weight excluding hydrogens is 174 g/mol. The number of aromatic nitrogens is 1. The molecule has 2 rings (SSSR count). The number of hydrogen-bond donors (Lipinski definition) is 0. The fourth-order valence-electron chi connectivity index (χ4n) is 2.11. The van der Waals surface area contributed by atoms with Gasteiger partial charge in [-0.3, -0.25) is 0 Å². The summed E-state index contributed by atoms with van der Waals surface area (Å²) in [4.78, 5) is 4.36. The highest BCUT2D eigenvalue weighted by Gasteiger charge is 2.30. The molecule has 1 aliphatic rings. The predicted molar refractivity (Wildman–Crippen MR) is 56.2 cm³/mol. The lowest BCUT2D eigenvalue weighted by atomic mass is 9.76. The number of hydrogen-bond acceptors (Lipinski definition) is 2. The van der Waals surface area contributed by atoms with Crippen molar-refractivity contribution in [3.05, 3.63) is 17.8 Å². The predicted octanol–water partition coefficient (Wildman–Crippen LogP) is 3.39. The molecule has 1 aromatic rings. The second-order valence-corrected chi connectivity index (χ2v) is 5.04. The molecule has 2 nitrogen and oxygen atoms in total. The van der Waals surface area contributed by atoms with Gasteiger partial charge >= 0.3 is 0 Å². The molecule has 0 aromatic carbocycles. The second-order valence-electron chi connectivity index (χ2n) is 5.04. The highest BCUT2D eigenvalue weighted by atomic mass is 16.4. The minimum Gasteiger partial charge on any atom is -0.445 e. The Bertz CT molecular complexity index is 297. The van der Waals surface area contributed by atoms with Gasteiger partial charge in [0.25, 0.3) is 0 Å². The van der Waals surface area contributed by atoms with Gasteiger partial charge in [-0.25, -0.2) is 4.98 Å². The van der Waals surface area contributed by atoms with Crippen LogP contribution < -0.4 is 0 Å². The van der Waals surface area contributed by atoms with E-state index in [2.05, 4.69) is 25.8 Å². The third-order valence-corrected chi connectivity index (χ3v) is 2.90. The van der Waals surface area contributed by atoms with Crippen molar-refractivity contribution in [2.24, 2.45) is 11.8 Å². The van der Waals surface area contributed by atoms with Gasteiger partial charge in [-0.2, -0.15) is 0 Å². The van der Waals surface area contributed by atoms with Crippen LogP contribution in [-0.2, 0) is 6.42 Å². The van der Waals surface area contributed by atoms with Crippen molar-refractivity contribution in [2.45, 2.75) is 46.0 Å². The summed E-state index contributed by atoms with van der Waals surface area (Å²) in [6.45, 7) is 6.69. The van der Waals surface area contributed by atoms with Crippen LogP contribution in [-0.4, -0.2) is 4.98 Å². The Morgan fingerprint density at radius 3 is 2.79 bits per heavy atom. The summed E-state index contributed by atoms with van der Waals surface area (Å²) in [7, 11) is 0. The minimum absolute atomic E-state index is 0.603. The lowest BCUT2D eigenvalue weighted by molar-refractivity contribution is 0.241. The van der Waals surface area contributed by atoms with Crippen molar-refractivity contribution < 1.29 is 4.42 Å². The summed E-state index contributed by atoms with van der Waals surface area (Å²) in [6, 6.07) is 0. The van der Waals surface area contributed by atoms with Crippen LogP contribution in [0.5, 0.6) is 0 Å². The summed E-state index contributed by atoms with van der Waals surface area (Å²) in [6.07, 6.45) is 5.41. The molecule has 1 fully saturated rings. The average molecular weight is 193 g/mol. The highest BCUT2D eigenvalue weighted by molar-refractivity contribution is 5.03. The van der Waals surface area contributed by atoms with Gasteiger partial charge in [-0.1, -0.05) is 20.8 Å². The molecule has 78 valence electrons. The van der Waals surface area contributed by atoms with Gasteiger partial charge < -0.3 is 4.42 Å². The molecule has 14 heavy (non-hydrogen) atoms. The van der Waals surface area contributed by atoms with E-state index < -0.39 is 0 Å².